The molecule has 0 saturated heterocycles. The predicted molar refractivity (Wildman–Crippen MR) is 75.3 cm³/mol. The average Bonchev–Trinajstić information content (AvgIpc) is 2.44. The Kier molecular flexibility index (Phi) is 6.17. The zero-order valence-electron chi connectivity index (χ0n) is 12.1. The van der Waals surface area contributed by atoms with Crippen molar-refractivity contribution in [2.24, 2.45) is 5.92 Å². The predicted octanol–water partition coefficient (Wildman–Crippen LogP) is 2.69. The van der Waals surface area contributed by atoms with E-state index in [0.29, 0.717) is 0 Å². The van der Waals surface area contributed by atoms with Gasteiger partial charge in [-0.1, -0.05) is 6.92 Å². The van der Waals surface area contributed by atoms with Crippen LogP contribution in [0.15, 0.2) is 18.2 Å². The molecule has 0 amide bonds. The van der Waals surface area contributed by atoms with Crippen LogP contribution in [0.1, 0.15) is 18.9 Å². The summed E-state index contributed by atoms with van der Waals surface area (Å²) in [7, 11) is 5.33. The number of rotatable bonds is 7. The molecule has 0 spiro atoms. The van der Waals surface area contributed by atoms with E-state index < -0.39 is 0 Å². The van der Waals surface area contributed by atoms with E-state index in [9.17, 15) is 0 Å². The highest BCUT2D eigenvalue weighted by atomic mass is 16.5. The molecule has 1 aromatic rings. The summed E-state index contributed by atoms with van der Waals surface area (Å²) in [5.41, 5.74) is 1.07. The highest BCUT2D eigenvalue weighted by molar-refractivity contribution is 5.40. The van der Waals surface area contributed by atoms with Gasteiger partial charge < -0.3 is 14.4 Å². The second-order valence-corrected chi connectivity index (χ2v) is 4.61. The maximum atomic E-state index is 9.00. The van der Waals surface area contributed by atoms with Gasteiger partial charge in [0, 0.05) is 18.7 Å². The molecule has 0 aliphatic heterocycles. The van der Waals surface area contributed by atoms with Gasteiger partial charge in [0.25, 0.3) is 0 Å². The zero-order chi connectivity index (χ0) is 14.3. The van der Waals surface area contributed by atoms with E-state index in [4.69, 9.17) is 14.7 Å². The second kappa shape index (κ2) is 7.65. The minimum Gasteiger partial charge on any atom is -0.497 e. The van der Waals surface area contributed by atoms with E-state index in [0.717, 1.165) is 36.6 Å². The van der Waals surface area contributed by atoms with Crippen LogP contribution in [-0.4, -0.2) is 32.7 Å². The number of methoxy groups -OCH3 is 2. The molecule has 104 valence electrons. The Hall–Kier alpha value is -1.73. The highest BCUT2D eigenvalue weighted by Crippen LogP contribution is 2.25. The molecule has 0 aliphatic rings. The van der Waals surface area contributed by atoms with Crippen molar-refractivity contribution < 1.29 is 9.47 Å². The standard InChI is InChI=1S/C15H22N2O2/c1-5-12(9-16)10-17(2)11-13-8-14(18-3)6-7-15(13)19-4/h6-8,12H,5,10-11H2,1-4H3. The number of nitrogens with zero attached hydrogens (tertiary/aromatic N) is 2. The molecule has 4 nitrogen and oxygen atoms in total. The lowest BCUT2D eigenvalue weighted by molar-refractivity contribution is 0.286. The summed E-state index contributed by atoms with van der Waals surface area (Å²) in [6.07, 6.45) is 0.871. The van der Waals surface area contributed by atoms with Crippen molar-refractivity contribution in [2.45, 2.75) is 19.9 Å². The number of hydrogen-bond donors (Lipinski definition) is 0. The normalized spacial score (nSPS) is 12.0. The van der Waals surface area contributed by atoms with Gasteiger partial charge in [-0.2, -0.15) is 5.26 Å². The highest BCUT2D eigenvalue weighted by Gasteiger charge is 2.12. The van der Waals surface area contributed by atoms with Gasteiger partial charge in [0.1, 0.15) is 11.5 Å². The summed E-state index contributed by atoms with van der Waals surface area (Å²) in [6, 6.07) is 8.08. The monoisotopic (exact) mass is 262 g/mol. The number of benzene rings is 1. The lowest BCUT2D eigenvalue weighted by Crippen LogP contribution is -2.24. The van der Waals surface area contributed by atoms with Gasteiger partial charge in [-0.15, -0.1) is 0 Å². The van der Waals surface area contributed by atoms with E-state index in [1.54, 1.807) is 14.2 Å². The fraction of sp³-hybridized carbons (Fsp3) is 0.533. The third-order valence-corrected chi connectivity index (χ3v) is 3.14. The number of nitriles is 1. The van der Waals surface area contributed by atoms with Crippen molar-refractivity contribution in [3.05, 3.63) is 23.8 Å². The van der Waals surface area contributed by atoms with E-state index in [1.807, 2.05) is 32.2 Å². The van der Waals surface area contributed by atoms with Crippen LogP contribution in [0.5, 0.6) is 11.5 Å². The summed E-state index contributed by atoms with van der Waals surface area (Å²) in [6.45, 7) is 3.53. The Morgan fingerprint density at radius 2 is 2.05 bits per heavy atom. The molecule has 0 saturated carbocycles. The van der Waals surface area contributed by atoms with Gasteiger partial charge in [0.05, 0.1) is 26.2 Å². The Labute approximate surface area is 115 Å². The largest absolute Gasteiger partial charge is 0.497 e. The molecule has 1 unspecified atom stereocenters. The molecular formula is C15H22N2O2. The van der Waals surface area contributed by atoms with Crippen LogP contribution in [0, 0.1) is 17.2 Å². The molecule has 0 N–H and O–H groups in total. The smallest absolute Gasteiger partial charge is 0.123 e. The minimum atomic E-state index is 0.0709. The van der Waals surface area contributed by atoms with Crippen LogP contribution >= 0.6 is 0 Å². The summed E-state index contributed by atoms with van der Waals surface area (Å²) < 4.78 is 10.6. The van der Waals surface area contributed by atoms with E-state index in [-0.39, 0.29) is 5.92 Å². The van der Waals surface area contributed by atoms with Crippen molar-refractivity contribution >= 4 is 0 Å². The fourth-order valence-electron chi connectivity index (χ4n) is 2.00. The molecular weight excluding hydrogens is 240 g/mol. The average molecular weight is 262 g/mol. The molecule has 0 aromatic heterocycles. The first-order valence-corrected chi connectivity index (χ1v) is 6.43. The van der Waals surface area contributed by atoms with Crippen molar-refractivity contribution in [1.82, 2.24) is 4.90 Å². The maximum Gasteiger partial charge on any atom is 0.123 e. The van der Waals surface area contributed by atoms with Crippen LogP contribution < -0.4 is 9.47 Å². The molecule has 1 rings (SSSR count). The molecule has 19 heavy (non-hydrogen) atoms. The van der Waals surface area contributed by atoms with Crippen LogP contribution in [0.4, 0.5) is 0 Å². The van der Waals surface area contributed by atoms with Crippen molar-refractivity contribution in [2.75, 3.05) is 27.8 Å². The van der Waals surface area contributed by atoms with Gasteiger partial charge in [0.2, 0.25) is 0 Å². The van der Waals surface area contributed by atoms with Gasteiger partial charge in [-0.05, 0) is 31.7 Å². The summed E-state index contributed by atoms with van der Waals surface area (Å²) in [5.74, 6) is 1.73. The minimum absolute atomic E-state index is 0.0709. The molecule has 1 atom stereocenters. The second-order valence-electron chi connectivity index (χ2n) is 4.61. The molecule has 4 heteroatoms. The van der Waals surface area contributed by atoms with E-state index in [1.165, 1.54) is 0 Å². The zero-order valence-corrected chi connectivity index (χ0v) is 12.1. The quantitative estimate of drug-likeness (QED) is 0.758. The Bertz CT molecular complexity index is 440. The van der Waals surface area contributed by atoms with Crippen molar-refractivity contribution in [3.63, 3.8) is 0 Å². The Morgan fingerprint density at radius 1 is 1.32 bits per heavy atom. The molecule has 0 radical (unpaired) electrons. The van der Waals surface area contributed by atoms with Crippen molar-refractivity contribution in [3.8, 4) is 17.6 Å². The Balaban J connectivity index is 2.77. The van der Waals surface area contributed by atoms with E-state index in [2.05, 4.69) is 11.0 Å². The van der Waals surface area contributed by atoms with Crippen LogP contribution in [-0.2, 0) is 6.54 Å². The number of ether oxygens (including phenoxy) is 2. The molecule has 0 fully saturated rings. The summed E-state index contributed by atoms with van der Waals surface area (Å²) in [5, 5.41) is 9.00. The van der Waals surface area contributed by atoms with Crippen LogP contribution in [0.25, 0.3) is 0 Å². The maximum absolute atomic E-state index is 9.00. The van der Waals surface area contributed by atoms with Crippen molar-refractivity contribution in [1.29, 1.82) is 5.26 Å². The van der Waals surface area contributed by atoms with E-state index >= 15 is 0 Å². The molecule has 0 aliphatic carbocycles. The molecule has 0 heterocycles. The topological polar surface area (TPSA) is 45.5 Å². The molecule has 1 aromatic carbocycles. The van der Waals surface area contributed by atoms with Crippen LogP contribution in [0.3, 0.4) is 0 Å². The first-order valence-electron chi connectivity index (χ1n) is 6.43. The van der Waals surface area contributed by atoms with Gasteiger partial charge in [-0.3, -0.25) is 0 Å². The van der Waals surface area contributed by atoms with Gasteiger partial charge in [-0.25, -0.2) is 0 Å². The summed E-state index contributed by atoms with van der Waals surface area (Å²) in [4.78, 5) is 2.13. The first-order chi connectivity index (χ1) is 9.14. The van der Waals surface area contributed by atoms with Crippen LogP contribution in [0.2, 0.25) is 0 Å². The fourth-order valence-corrected chi connectivity index (χ4v) is 2.00. The lowest BCUT2D eigenvalue weighted by Gasteiger charge is -2.20. The number of hydrogen-bond acceptors (Lipinski definition) is 4. The first kappa shape index (κ1) is 15.3. The van der Waals surface area contributed by atoms with Gasteiger partial charge >= 0.3 is 0 Å². The third kappa shape index (κ3) is 4.46. The summed E-state index contributed by atoms with van der Waals surface area (Å²) >= 11 is 0. The van der Waals surface area contributed by atoms with Gasteiger partial charge in [0.15, 0.2) is 0 Å². The third-order valence-electron chi connectivity index (χ3n) is 3.14. The Morgan fingerprint density at radius 3 is 2.58 bits per heavy atom. The molecule has 0 bridgehead atoms. The lowest BCUT2D eigenvalue weighted by atomic mass is 10.1. The SMILES string of the molecule is CCC(C#N)CN(C)Cc1cc(OC)ccc1OC.